The number of ether oxygens (including phenoxy) is 2. The molecule has 0 atom stereocenters. The zero-order chi connectivity index (χ0) is 27.4. The van der Waals surface area contributed by atoms with E-state index in [-0.39, 0.29) is 39.7 Å². The van der Waals surface area contributed by atoms with Crippen LogP contribution in [0, 0.1) is 11.6 Å². The van der Waals surface area contributed by atoms with Crippen molar-refractivity contribution in [3.8, 4) is 11.5 Å². The van der Waals surface area contributed by atoms with E-state index in [1.54, 1.807) is 18.2 Å². The summed E-state index contributed by atoms with van der Waals surface area (Å²) in [5.74, 6) is -2.81. The summed E-state index contributed by atoms with van der Waals surface area (Å²) in [6.45, 7) is -0.905. The summed E-state index contributed by atoms with van der Waals surface area (Å²) in [5, 5.41) is 10.3. The smallest absolute Gasteiger partial charge is 0.329 e. The predicted molar refractivity (Wildman–Crippen MR) is 134 cm³/mol. The van der Waals surface area contributed by atoms with Crippen LogP contribution < -0.4 is 19.3 Å². The lowest BCUT2D eigenvalue weighted by atomic mass is 10.1. The Morgan fingerprint density at radius 3 is 2.24 bits per heavy atom. The van der Waals surface area contributed by atoms with Gasteiger partial charge < -0.3 is 14.6 Å². The van der Waals surface area contributed by atoms with Crippen LogP contribution in [-0.2, 0) is 23.2 Å². The van der Waals surface area contributed by atoms with Gasteiger partial charge in [-0.3, -0.25) is 9.80 Å². The van der Waals surface area contributed by atoms with Gasteiger partial charge in [0.25, 0.3) is 10.0 Å². The van der Waals surface area contributed by atoms with Gasteiger partial charge in [0.05, 0.1) is 43.6 Å². The lowest BCUT2D eigenvalue weighted by molar-refractivity contribution is 0.250. The molecule has 2 aromatic carbocycles. The van der Waals surface area contributed by atoms with Gasteiger partial charge in [-0.05, 0) is 18.2 Å². The zero-order valence-electron chi connectivity index (χ0n) is 20.5. The normalized spacial score (nSPS) is 13.7. The summed E-state index contributed by atoms with van der Waals surface area (Å²) in [4.78, 5) is 19.8. The maximum Gasteiger partial charge on any atom is 0.329 e. The van der Waals surface area contributed by atoms with E-state index in [0.29, 0.717) is 11.3 Å². The second kappa shape index (κ2) is 9.26. The number of nitrogens with zero attached hydrogens (tertiary/aromatic N) is 4. The predicted octanol–water partition coefficient (Wildman–Crippen LogP) is 3.64. The molecule has 0 saturated carbocycles. The average Bonchev–Trinajstić information content (AvgIpc) is 3.31. The fourth-order valence-corrected chi connectivity index (χ4v) is 6.10. The van der Waals surface area contributed by atoms with Crippen molar-refractivity contribution in [2.75, 3.05) is 31.1 Å². The largest absolute Gasteiger partial charge is 0.493 e. The number of fused-ring (bicyclic) bond motifs is 3. The minimum atomic E-state index is -4.15. The fraction of sp³-hybridized carbons (Fsp3) is 0.200. The number of aliphatic hydroxyl groups is 1. The molecule has 1 aliphatic heterocycles. The second-order valence-corrected chi connectivity index (χ2v) is 10.2. The van der Waals surface area contributed by atoms with Crippen molar-refractivity contribution in [1.29, 1.82) is 0 Å². The lowest BCUT2D eigenvalue weighted by Gasteiger charge is -2.35. The molecule has 0 aliphatic carbocycles. The van der Waals surface area contributed by atoms with Crippen molar-refractivity contribution in [1.82, 2.24) is 8.96 Å². The van der Waals surface area contributed by atoms with Gasteiger partial charge in [-0.15, -0.1) is 0 Å². The van der Waals surface area contributed by atoms with Crippen LogP contribution in [0.25, 0.3) is 11.0 Å². The second-order valence-electron chi connectivity index (χ2n) is 8.43. The lowest BCUT2D eigenvalue weighted by Crippen LogP contribution is -2.46. The molecule has 2 aromatic heterocycles. The highest BCUT2D eigenvalue weighted by Gasteiger charge is 2.37. The number of amides is 2. The summed E-state index contributed by atoms with van der Waals surface area (Å²) in [6, 6.07) is 9.32. The van der Waals surface area contributed by atoms with E-state index in [1.165, 1.54) is 45.7 Å². The van der Waals surface area contributed by atoms with E-state index in [9.17, 15) is 18.3 Å². The van der Waals surface area contributed by atoms with Crippen LogP contribution in [0.1, 0.15) is 11.3 Å². The SMILES string of the molecule is COc1cc(OC)c(F)c(N2Cc3cnc4c(cc(CO)n4S(=O)(=O)c4ccccc4)c3N(C)C2=O)c1F. The van der Waals surface area contributed by atoms with Crippen molar-refractivity contribution < 1.29 is 36.6 Å². The van der Waals surface area contributed by atoms with Crippen molar-refractivity contribution in [2.45, 2.75) is 18.0 Å². The van der Waals surface area contributed by atoms with Crippen LogP contribution in [0.2, 0.25) is 0 Å². The Bertz CT molecular complexity index is 1660. The van der Waals surface area contributed by atoms with Crippen LogP contribution in [0.4, 0.5) is 25.0 Å². The molecule has 4 aromatic rings. The van der Waals surface area contributed by atoms with E-state index >= 15 is 8.78 Å². The van der Waals surface area contributed by atoms with Crippen LogP contribution >= 0.6 is 0 Å². The quantitative estimate of drug-likeness (QED) is 0.394. The number of pyridine rings is 1. The Hall–Kier alpha value is -4.23. The van der Waals surface area contributed by atoms with Crippen LogP contribution in [0.5, 0.6) is 11.5 Å². The van der Waals surface area contributed by atoms with Gasteiger partial charge in [0.15, 0.2) is 28.8 Å². The Kier molecular flexibility index (Phi) is 6.19. The molecule has 0 fully saturated rings. The number of aromatic nitrogens is 2. The van der Waals surface area contributed by atoms with Gasteiger partial charge in [-0.1, -0.05) is 18.2 Å². The number of halogens is 2. The van der Waals surface area contributed by atoms with Crippen LogP contribution in [0.15, 0.2) is 53.6 Å². The molecule has 13 heteroatoms. The molecule has 10 nitrogen and oxygen atoms in total. The van der Waals surface area contributed by atoms with Crippen molar-refractivity contribution >= 4 is 38.5 Å². The molecule has 2 amide bonds. The zero-order valence-corrected chi connectivity index (χ0v) is 21.3. The molecule has 1 N–H and O–H groups in total. The minimum absolute atomic E-state index is 0.00911. The maximum atomic E-state index is 15.2. The van der Waals surface area contributed by atoms with E-state index < -0.39 is 40.0 Å². The number of carbonyl (C=O) groups is 1. The van der Waals surface area contributed by atoms with Gasteiger partial charge in [0, 0.05) is 30.3 Å². The number of aliphatic hydroxyl groups excluding tert-OH is 1. The first-order chi connectivity index (χ1) is 18.1. The molecule has 5 rings (SSSR count). The van der Waals surface area contributed by atoms with Gasteiger partial charge >= 0.3 is 6.03 Å². The fourth-order valence-electron chi connectivity index (χ4n) is 4.59. The van der Waals surface area contributed by atoms with Crippen molar-refractivity contribution in [3.63, 3.8) is 0 Å². The monoisotopic (exact) mass is 544 g/mol. The van der Waals surface area contributed by atoms with Gasteiger partial charge in [-0.2, -0.15) is 0 Å². The molecular weight excluding hydrogens is 522 g/mol. The molecule has 1 aliphatic rings. The molecular formula is C25H22F2N4O6S. The van der Waals surface area contributed by atoms with E-state index in [2.05, 4.69) is 4.98 Å². The molecule has 198 valence electrons. The van der Waals surface area contributed by atoms with Crippen molar-refractivity contribution in [2.24, 2.45) is 0 Å². The third-order valence-electron chi connectivity index (χ3n) is 6.35. The number of urea groups is 1. The Morgan fingerprint density at radius 2 is 1.66 bits per heavy atom. The first-order valence-corrected chi connectivity index (χ1v) is 12.7. The van der Waals surface area contributed by atoms with Gasteiger partial charge in [0.1, 0.15) is 5.69 Å². The highest BCUT2D eigenvalue weighted by molar-refractivity contribution is 7.90. The Morgan fingerprint density at radius 1 is 1.03 bits per heavy atom. The first-order valence-electron chi connectivity index (χ1n) is 11.2. The van der Waals surface area contributed by atoms with E-state index in [1.807, 2.05) is 0 Å². The number of carbonyl (C=O) groups excluding carboxylic acids is 1. The summed E-state index contributed by atoms with van der Waals surface area (Å²) in [5.41, 5.74) is 0.0412. The first kappa shape index (κ1) is 25.4. The molecule has 38 heavy (non-hydrogen) atoms. The summed E-state index contributed by atoms with van der Waals surface area (Å²) in [7, 11) is -0.357. The summed E-state index contributed by atoms with van der Waals surface area (Å²) >= 11 is 0. The standard InChI is InChI=1S/C25H22F2N4O6S/c1-29-22-14(12-30(25(29)33)23-20(26)18(36-2)10-19(37-3)21(23)27)11-28-24-17(22)9-15(13-32)31(24)38(34,35)16-7-5-4-6-8-16/h4-11,32H,12-13H2,1-3H3. The summed E-state index contributed by atoms with van der Waals surface area (Å²) in [6.07, 6.45) is 1.33. The topological polar surface area (TPSA) is 114 Å². The third-order valence-corrected chi connectivity index (χ3v) is 8.11. The summed E-state index contributed by atoms with van der Waals surface area (Å²) < 4.78 is 68.2. The number of rotatable bonds is 6. The van der Waals surface area contributed by atoms with Crippen LogP contribution in [-0.4, -0.2) is 49.8 Å². The number of methoxy groups -OCH3 is 2. The number of hydrogen-bond donors (Lipinski definition) is 1. The molecule has 0 saturated heterocycles. The van der Waals surface area contributed by atoms with Gasteiger partial charge in [-0.25, -0.2) is 30.9 Å². The Labute approximate surface area is 216 Å². The molecule has 0 unspecified atom stereocenters. The number of hydrogen-bond acceptors (Lipinski definition) is 7. The van der Waals surface area contributed by atoms with E-state index in [4.69, 9.17) is 9.47 Å². The third kappa shape index (κ3) is 3.65. The highest BCUT2D eigenvalue weighted by Crippen LogP contribution is 2.42. The molecule has 0 radical (unpaired) electrons. The van der Waals surface area contributed by atoms with Gasteiger partial charge in [0.2, 0.25) is 0 Å². The van der Waals surface area contributed by atoms with Crippen molar-refractivity contribution in [3.05, 3.63) is 71.6 Å². The molecule has 0 bridgehead atoms. The highest BCUT2D eigenvalue weighted by atomic mass is 32.2. The molecule has 3 heterocycles. The number of anilines is 2. The van der Waals surface area contributed by atoms with Crippen LogP contribution in [0.3, 0.4) is 0 Å². The Balaban J connectivity index is 1.70. The number of benzene rings is 2. The molecule has 0 spiro atoms. The maximum absolute atomic E-state index is 15.2. The van der Waals surface area contributed by atoms with E-state index in [0.717, 1.165) is 19.8 Å². The minimum Gasteiger partial charge on any atom is -0.493 e. The average molecular weight is 545 g/mol.